The van der Waals surface area contributed by atoms with Gasteiger partial charge in [0, 0.05) is 26.9 Å². The van der Waals surface area contributed by atoms with Gasteiger partial charge in [0.25, 0.3) is 5.69 Å². The van der Waals surface area contributed by atoms with Crippen LogP contribution in [-0.2, 0) is 9.53 Å². The lowest BCUT2D eigenvalue weighted by Gasteiger charge is -2.02. The molecule has 0 unspecified atom stereocenters. The molecule has 1 aliphatic rings. The number of rotatable bonds is 3. The number of cyclic esters (lactones) is 1. The summed E-state index contributed by atoms with van der Waals surface area (Å²) in [5.74, 6) is -0.573. The van der Waals surface area contributed by atoms with Crippen LogP contribution in [0.3, 0.4) is 0 Å². The molecule has 0 radical (unpaired) electrons. The predicted molar refractivity (Wildman–Crippen MR) is 90.7 cm³/mol. The van der Waals surface area contributed by atoms with E-state index in [0.29, 0.717) is 5.56 Å². The van der Waals surface area contributed by atoms with Crippen molar-refractivity contribution in [2.24, 2.45) is 4.99 Å². The van der Waals surface area contributed by atoms with Crippen LogP contribution < -0.4 is 0 Å². The van der Waals surface area contributed by atoms with E-state index in [4.69, 9.17) is 16.3 Å². The largest absolute Gasteiger partial charge is 0.402 e. The highest BCUT2D eigenvalue weighted by atomic mass is 79.9. The van der Waals surface area contributed by atoms with E-state index in [1.54, 1.807) is 6.08 Å². The minimum atomic E-state index is -0.598. The highest BCUT2D eigenvalue weighted by Gasteiger charge is 2.26. The summed E-state index contributed by atoms with van der Waals surface area (Å²) in [7, 11) is 0. The van der Waals surface area contributed by atoms with Gasteiger partial charge in [-0.25, -0.2) is 9.79 Å². The lowest BCUT2D eigenvalue weighted by molar-refractivity contribution is -0.384. The molecule has 1 aromatic carbocycles. The number of nitro benzene ring substituents is 1. The number of benzene rings is 1. The number of nitrogens with zero attached hydrogens (tertiary/aromatic N) is 2. The van der Waals surface area contributed by atoms with Gasteiger partial charge in [0.1, 0.15) is 0 Å². The normalized spacial score (nSPS) is 15.7. The van der Waals surface area contributed by atoms with Gasteiger partial charge in [-0.2, -0.15) is 0 Å². The molecular formula is C14H6BrClN2O4S. The molecule has 2 heterocycles. The maximum atomic E-state index is 11.9. The summed E-state index contributed by atoms with van der Waals surface area (Å²) in [6, 6.07) is 5.70. The Labute approximate surface area is 147 Å². The zero-order valence-corrected chi connectivity index (χ0v) is 14.3. The average Bonchev–Trinajstić information content (AvgIpc) is 3.06. The fourth-order valence-electron chi connectivity index (χ4n) is 1.85. The van der Waals surface area contributed by atoms with E-state index in [0.717, 1.165) is 9.35 Å². The molecule has 0 atom stereocenters. The first-order chi connectivity index (χ1) is 10.9. The number of thiophene rings is 1. The van der Waals surface area contributed by atoms with E-state index >= 15 is 0 Å². The molecule has 0 saturated heterocycles. The number of halogens is 2. The van der Waals surface area contributed by atoms with Gasteiger partial charge in [-0.05, 0) is 34.1 Å². The molecule has 0 saturated carbocycles. The summed E-state index contributed by atoms with van der Waals surface area (Å²) in [6.07, 6.45) is 1.60. The molecular weight excluding hydrogens is 408 g/mol. The van der Waals surface area contributed by atoms with Crippen molar-refractivity contribution >= 4 is 62.5 Å². The van der Waals surface area contributed by atoms with Crippen LogP contribution in [-0.4, -0.2) is 16.8 Å². The van der Waals surface area contributed by atoms with E-state index in [1.807, 2.05) is 11.4 Å². The molecule has 1 aromatic heterocycles. The number of ether oxygens (including phenoxy) is 1. The summed E-state index contributed by atoms with van der Waals surface area (Å²) >= 11 is 10.8. The van der Waals surface area contributed by atoms with Crippen molar-refractivity contribution in [3.63, 3.8) is 0 Å². The molecule has 6 nitrogen and oxygen atoms in total. The Balaban J connectivity index is 1.95. The molecule has 23 heavy (non-hydrogen) atoms. The van der Waals surface area contributed by atoms with E-state index in [2.05, 4.69) is 20.9 Å². The zero-order chi connectivity index (χ0) is 16.6. The number of carbonyl (C=O) groups excluding carboxylic acids is 1. The van der Waals surface area contributed by atoms with E-state index in [1.165, 1.54) is 29.5 Å². The number of aliphatic imine (C=N–C) groups is 1. The molecule has 0 spiro atoms. The maximum absolute atomic E-state index is 11.9. The maximum Gasteiger partial charge on any atom is 0.363 e. The summed E-state index contributed by atoms with van der Waals surface area (Å²) in [4.78, 5) is 27.0. The monoisotopic (exact) mass is 412 g/mol. The third-order valence-electron chi connectivity index (χ3n) is 2.88. The molecule has 3 rings (SSSR count). The highest BCUT2D eigenvalue weighted by Crippen LogP contribution is 2.28. The van der Waals surface area contributed by atoms with Crippen LogP contribution >= 0.6 is 38.9 Å². The van der Waals surface area contributed by atoms with Crippen molar-refractivity contribution in [3.05, 3.63) is 65.4 Å². The second-order valence-corrected chi connectivity index (χ2v) is 6.69. The van der Waals surface area contributed by atoms with Gasteiger partial charge in [0.15, 0.2) is 5.70 Å². The Morgan fingerprint density at radius 2 is 2.17 bits per heavy atom. The van der Waals surface area contributed by atoms with Crippen LogP contribution in [0, 0.1) is 10.1 Å². The fraction of sp³-hybridized carbons (Fsp3) is 0. The van der Waals surface area contributed by atoms with Crippen LogP contribution in [0.15, 0.2) is 44.8 Å². The smallest absolute Gasteiger partial charge is 0.363 e. The van der Waals surface area contributed by atoms with Crippen molar-refractivity contribution in [3.8, 4) is 0 Å². The molecule has 9 heteroatoms. The second-order valence-electron chi connectivity index (χ2n) is 4.42. The number of hydrogen-bond acceptors (Lipinski definition) is 6. The number of non-ortho nitro benzene ring substituents is 1. The Kier molecular flexibility index (Phi) is 4.29. The Hall–Kier alpha value is -2.03. The third kappa shape index (κ3) is 3.34. The van der Waals surface area contributed by atoms with Gasteiger partial charge in [-0.15, -0.1) is 11.3 Å². The van der Waals surface area contributed by atoms with Crippen LogP contribution in [0.1, 0.15) is 10.4 Å². The summed E-state index contributed by atoms with van der Waals surface area (Å²) in [6.45, 7) is 0. The van der Waals surface area contributed by atoms with Gasteiger partial charge >= 0.3 is 5.97 Å². The molecule has 0 fully saturated rings. The predicted octanol–water partition coefficient (Wildman–Crippen LogP) is 4.42. The fourth-order valence-corrected chi connectivity index (χ4v) is 3.48. The first-order valence-electron chi connectivity index (χ1n) is 6.15. The van der Waals surface area contributed by atoms with Crippen molar-refractivity contribution in [1.82, 2.24) is 0 Å². The number of hydrogen-bond donors (Lipinski definition) is 0. The SMILES string of the molecule is O=C1OC(c2ccc([N+](=O)[O-])cc2Cl)=N/C1=C\c1cc(Br)cs1. The van der Waals surface area contributed by atoms with Gasteiger partial charge in [-0.3, -0.25) is 10.1 Å². The first-order valence-corrected chi connectivity index (χ1v) is 8.20. The van der Waals surface area contributed by atoms with Crippen LogP contribution in [0.4, 0.5) is 5.69 Å². The zero-order valence-electron chi connectivity index (χ0n) is 11.2. The Bertz CT molecular complexity index is 891. The van der Waals surface area contributed by atoms with Crippen LogP contribution in [0.25, 0.3) is 6.08 Å². The summed E-state index contributed by atoms with van der Waals surface area (Å²) < 4.78 is 6.01. The van der Waals surface area contributed by atoms with Crippen molar-refractivity contribution < 1.29 is 14.5 Å². The van der Waals surface area contributed by atoms with E-state index in [-0.39, 0.29) is 22.3 Å². The molecule has 2 aromatic rings. The third-order valence-corrected chi connectivity index (χ3v) is 4.83. The standard InChI is InChI=1S/C14H6BrClN2O4S/c15-7-3-9(23-6-7)5-12-14(19)22-13(17-12)10-2-1-8(18(20)21)4-11(10)16/h1-6H/b12-5-. The summed E-state index contributed by atoms with van der Waals surface area (Å²) in [5, 5.41) is 12.7. The van der Waals surface area contributed by atoms with Crippen LogP contribution in [0.2, 0.25) is 5.02 Å². The van der Waals surface area contributed by atoms with Crippen molar-refractivity contribution in [2.45, 2.75) is 0 Å². The number of nitro groups is 1. The molecule has 116 valence electrons. The Morgan fingerprint density at radius 3 is 2.78 bits per heavy atom. The van der Waals surface area contributed by atoms with Crippen molar-refractivity contribution in [1.29, 1.82) is 0 Å². The van der Waals surface area contributed by atoms with E-state index < -0.39 is 10.9 Å². The Morgan fingerprint density at radius 1 is 1.39 bits per heavy atom. The van der Waals surface area contributed by atoms with Gasteiger partial charge in [-0.1, -0.05) is 11.6 Å². The summed E-state index contributed by atoms with van der Waals surface area (Å²) in [5.41, 5.74) is 0.313. The lowest BCUT2D eigenvalue weighted by atomic mass is 10.2. The number of carbonyl (C=O) groups is 1. The molecule has 1 aliphatic heterocycles. The lowest BCUT2D eigenvalue weighted by Crippen LogP contribution is -2.06. The van der Waals surface area contributed by atoms with Gasteiger partial charge in [0.2, 0.25) is 5.90 Å². The molecule has 0 aliphatic carbocycles. The second kappa shape index (κ2) is 6.23. The highest BCUT2D eigenvalue weighted by molar-refractivity contribution is 9.10. The minimum Gasteiger partial charge on any atom is -0.402 e. The first kappa shape index (κ1) is 15.9. The molecule has 0 N–H and O–H groups in total. The minimum absolute atomic E-state index is 0.0248. The molecule has 0 amide bonds. The topological polar surface area (TPSA) is 81.8 Å². The number of esters is 1. The quantitative estimate of drug-likeness (QED) is 0.323. The van der Waals surface area contributed by atoms with Crippen molar-refractivity contribution in [2.75, 3.05) is 0 Å². The van der Waals surface area contributed by atoms with Gasteiger partial charge < -0.3 is 4.74 Å². The van der Waals surface area contributed by atoms with Crippen LogP contribution in [0.5, 0.6) is 0 Å². The van der Waals surface area contributed by atoms with Gasteiger partial charge in [0.05, 0.1) is 15.5 Å². The van der Waals surface area contributed by atoms with E-state index in [9.17, 15) is 14.9 Å². The average molecular weight is 414 g/mol. The molecule has 0 bridgehead atoms.